The number of nitrogens with one attached hydrogen (secondary N) is 2. The second kappa shape index (κ2) is 10.6. The van der Waals surface area contributed by atoms with Crippen LogP contribution in [0.5, 0.6) is 0 Å². The number of rotatable bonds is 8. The Hall–Kier alpha value is -0.170. The van der Waals surface area contributed by atoms with Crippen molar-refractivity contribution in [3.63, 3.8) is 0 Å². The fourth-order valence-electron chi connectivity index (χ4n) is 2.22. The highest BCUT2D eigenvalue weighted by Crippen LogP contribution is 2.04. The molecule has 1 aliphatic rings. The van der Waals surface area contributed by atoms with Gasteiger partial charge in [-0.25, -0.2) is 13.1 Å². The lowest BCUT2D eigenvalue weighted by Gasteiger charge is -2.26. The molecular weight excluding hydrogens is 433 g/mol. The van der Waals surface area contributed by atoms with Crippen LogP contribution in [-0.4, -0.2) is 77.0 Å². The quantitative estimate of drug-likeness (QED) is 0.195. The lowest BCUT2D eigenvalue weighted by molar-refractivity contribution is 0.0376. The summed E-state index contributed by atoms with van der Waals surface area (Å²) in [5, 5.41) is 3.05. The standard InChI is InChI=1S/C13H29N5O3S.HI/c1-13(2,17-22(3,19)20)11-16-12(14)15-5-4-6-18-7-9-21-10-8-18;/h17H,4-11H2,1-3H3,(H3,14,15,16);1H. The Morgan fingerprint density at radius 2 is 1.96 bits per heavy atom. The van der Waals surface area contributed by atoms with E-state index in [-0.39, 0.29) is 30.5 Å². The number of morpholine rings is 1. The zero-order valence-electron chi connectivity index (χ0n) is 14.2. The van der Waals surface area contributed by atoms with Crippen LogP contribution in [0.4, 0.5) is 0 Å². The zero-order valence-corrected chi connectivity index (χ0v) is 17.3. The molecule has 4 N–H and O–H groups in total. The van der Waals surface area contributed by atoms with Gasteiger partial charge in [0, 0.05) is 25.2 Å². The molecule has 0 unspecified atom stereocenters. The summed E-state index contributed by atoms with van der Waals surface area (Å²) < 4.78 is 30.3. The molecule has 1 rings (SSSR count). The molecule has 23 heavy (non-hydrogen) atoms. The molecule has 0 radical (unpaired) electrons. The highest BCUT2D eigenvalue weighted by Gasteiger charge is 2.21. The Bertz CT molecular complexity index is 464. The smallest absolute Gasteiger partial charge is 0.209 e. The van der Waals surface area contributed by atoms with E-state index in [1.54, 1.807) is 13.8 Å². The molecule has 1 heterocycles. The van der Waals surface area contributed by atoms with Crippen molar-refractivity contribution in [3.8, 4) is 0 Å². The third kappa shape index (κ3) is 11.9. The van der Waals surface area contributed by atoms with Gasteiger partial charge in [0.1, 0.15) is 0 Å². The third-order valence-electron chi connectivity index (χ3n) is 3.17. The summed E-state index contributed by atoms with van der Waals surface area (Å²) in [4.78, 5) is 6.55. The van der Waals surface area contributed by atoms with Gasteiger partial charge in [-0.15, -0.1) is 24.0 Å². The van der Waals surface area contributed by atoms with E-state index in [9.17, 15) is 8.42 Å². The summed E-state index contributed by atoms with van der Waals surface area (Å²) in [5.41, 5.74) is 5.13. The first kappa shape index (κ1) is 22.8. The maximum atomic E-state index is 11.2. The first-order valence-electron chi connectivity index (χ1n) is 7.51. The average molecular weight is 463 g/mol. The number of hydrogen-bond acceptors (Lipinski definition) is 5. The van der Waals surface area contributed by atoms with E-state index in [1.165, 1.54) is 0 Å². The van der Waals surface area contributed by atoms with Gasteiger partial charge in [0.15, 0.2) is 5.96 Å². The van der Waals surface area contributed by atoms with Crippen molar-refractivity contribution in [1.29, 1.82) is 0 Å². The maximum absolute atomic E-state index is 11.2. The lowest BCUT2D eigenvalue weighted by Crippen LogP contribution is -2.46. The van der Waals surface area contributed by atoms with Crippen LogP contribution >= 0.6 is 24.0 Å². The molecule has 0 aromatic rings. The molecule has 0 aliphatic carbocycles. The monoisotopic (exact) mass is 463 g/mol. The number of halogens is 1. The van der Waals surface area contributed by atoms with Crippen LogP contribution in [0.3, 0.4) is 0 Å². The van der Waals surface area contributed by atoms with Crippen LogP contribution in [-0.2, 0) is 14.8 Å². The second-order valence-electron chi connectivity index (χ2n) is 6.19. The average Bonchev–Trinajstić information content (AvgIpc) is 2.40. The molecule has 8 nitrogen and oxygen atoms in total. The van der Waals surface area contributed by atoms with Crippen LogP contribution in [0.1, 0.15) is 20.3 Å². The van der Waals surface area contributed by atoms with Gasteiger partial charge in [0.2, 0.25) is 10.0 Å². The van der Waals surface area contributed by atoms with E-state index in [2.05, 4.69) is 19.9 Å². The van der Waals surface area contributed by atoms with Gasteiger partial charge in [-0.2, -0.15) is 0 Å². The predicted octanol–water partition coefficient (Wildman–Crippen LogP) is -0.441. The van der Waals surface area contributed by atoms with Gasteiger partial charge in [-0.1, -0.05) is 0 Å². The summed E-state index contributed by atoms with van der Waals surface area (Å²) >= 11 is 0. The molecule has 10 heteroatoms. The number of ether oxygens (including phenoxy) is 1. The second-order valence-corrected chi connectivity index (χ2v) is 7.94. The van der Waals surface area contributed by atoms with Gasteiger partial charge in [-0.3, -0.25) is 9.89 Å². The van der Waals surface area contributed by atoms with E-state index < -0.39 is 15.6 Å². The highest BCUT2D eigenvalue weighted by molar-refractivity contribution is 14.0. The molecule has 0 atom stereocenters. The topological polar surface area (TPSA) is 109 Å². The van der Waals surface area contributed by atoms with Crippen molar-refractivity contribution in [2.75, 3.05) is 52.2 Å². The minimum absolute atomic E-state index is 0. The van der Waals surface area contributed by atoms with E-state index in [0.29, 0.717) is 5.96 Å². The summed E-state index contributed by atoms with van der Waals surface area (Å²) in [6.07, 6.45) is 2.10. The summed E-state index contributed by atoms with van der Waals surface area (Å²) in [5.74, 6) is 0.338. The van der Waals surface area contributed by atoms with Crippen LogP contribution in [0.15, 0.2) is 4.99 Å². The third-order valence-corrected chi connectivity index (χ3v) is 4.09. The Morgan fingerprint density at radius 1 is 1.35 bits per heavy atom. The lowest BCUT2D eigenvalue weighted by atomic mass is 10.1. The molecule has 0 aromatic heterocycles. The van der Waals surface area contributed by atoms with E-state index in [0.717, 1.165) is 52.1 Å². The van der Waals surface area contributed by atoms with Crippen molar-refractivity contribution < 1.29 is 13.2 Å². The SMILES string of the molecule is CC(C)(CN=C(N)NCCCN1CCOCC1)NS(C)(=O)=O.I. The molecule has 0 spiro atoms. The molecule has 138 valence electrons. The summed E-state index contributed by atoms with van der Waals surface area (Å²) in [6.45, 7) is 9.13. The Morgan fingerprint density at radius 3 is 2.52 bits per heavy atom. The summed E-state index contributed by atoms with van der Waals surface area (Å²) in [6, 6.07) is 0. The highest BCUT2D eigenvalue weighted by atomic mass is 127. The van der Waals surface area contributed by atoms with E-state index in [1.807, 2.05) is 0 Å². The van der Waals surface area contributed by atoms with Gasteiger partial charge >= 0.3 is 0 Å². The minimum atomic E-state index is -3.26. The number of guanidine groups is 1. The number of hydrogen-bond donors (Lipinski definition) is 3. The summed E-state index contributed by atoms with van der Waals surface area (Å²) in [7, 11) is -3.26. The van der Waals surface area contributed by atoms with Crippen LogP contribution < -0.4 is 15.8 Å². The number of aliphatic imine (C=N–C) groups is 1. The van der Waals surface area contributed by atoms with Crippen molar-refractivity contribution in [1.82, 2.24) is 14.9 Å². The van der Waals surface area contributed by atoms with Crippen molar-refractivity contribution in [2.24, 2.45) is 10.7 Å². The molecule has 1 fully saturated rings. The molecule has 0 saturated carbocycles. The Balaban J connectivity index is 0.00000484. The van der Waals surface area contributed by atoms with Gasteiger partial charge in [0.25, 0.3) is 0 Å². The Labute approximate surface area is 156 Å². The van der Waals surface area contributed by atoms with Crippen LogP contribution in [0.2, 0.25) is 0 Å². The molecule has 1 saturated heterocycles. The van der Waals surface area contributed by atoms with Crippen molar-refractivity contribution >= 4 is 40.0 Å². The van der Waals surface area contributed by atoms with Gasteiger partial charge in [-0.05, 0) is 26.8 Å². The normalized spacial score (nSPS) is 17.6. The largest absolute Gasteiger partial charge is 0.379 e. The molecule has 0 bridgehead atoms. The zero-order chi connectivity index (χ0) is 16.6. The van der Waals surface area contributed by atoms with Crippen molar-refractivity contribution in [2.45, 2.75) is 25.8 Å². The first-order valence-corrected chi connectivity index (χ1v) is 9.40. The van der Waals surface area contributed by atoms with Crippen molar-refractivity contribution in [3.05, 3.63) is 0 Å². The Kier molecular flexibility index (Phi) is 10.6. The molecule has 0 aromatic carbocycles. The fraction of sp³-hybridized carbons (Fsp3) is 0.923. The number of nitrogens with zero attached hydrogens (tertiary/aromatic N) is 2. The fourth-order valence-corrected chi connectivity index (χ4v) is 3.29. The van der Waals surface area contributed by atoms with E-state index >= 15 is 0 Å². The number of sulfonamides is 1. The predicted molar refractivity (Wildman–Crippen MR) is 104 cm³/mol. The van der Waals surface area contributed by atoms with Crippen LogP contribution in [0, 0.1) is 0 Å². The molecule has 0 amide bonds. The minimum Gasteiger partial charge on any atom is -0.379 e. The van der Waals surface area contributed by atoms with Gasteiger partial charge in [0.05, 0.1) is 26.0 Å². The molecule has 1 aliphatic heterocycles. The first-order chi connectivity index (χ1) is 10.2. The van der Waals surface area contributed by atoms with E-state index in [4.69, 9.17) is 10.5 Å². The molecular formula is C13H30IN5O3S. The van der Waals surface area contributed by atoms with Gasteiger partial charge < -0.3 is 15.8 Å². The maximum Gasteiger partial charge on any atom is 0.209 e. The number of nitrogens with two attached hydrogens (primary N) is 1. The van der Waals surface area contributed by atoms with Crippen LogP contribution in [0.25, 0.3) is 0 Å².